The van der Waals surface area contributed by atoms with E-state index in [9.17, 15) is 13.2 Å². The minimum Gasteiger partial charge on any atom is -0.454 e. The lowest BCUT2D eigenvalue weighted by atomic mass is 10.1. The molecular weight excluding hydrogens is 440 g/mol. The Morgan fingerprint density at radius 1 is 1.03 bits per heavy atom. The number of nitrogens with zero attached hydrogens (tertiary/aromatic N) is 1. The van der Waals surface area contributed by atoms with E-state index in [1.807, 2.05) is 0 Å². The SMILES string of the molecule is CS(=O)(=O)N(Cc1ccccc1Cl)c1ccc(C(=O)Nc2ccc3c(c2)OCO3)cc1. The van der Waals surface area contributed by atoms with Gasteiger partial charge in [0.05, 0.1) is 18.5 Å². The van der Waals surface area contributed by atoms with E-state index in [4.69, 9.17) is 21.1 Å². The zero-order chi connectivity index (χ0) is 22.0. The van der Waals surface area contributed by atoms with Crippen molar-refractivity contribution in [2.75, 3.05) is 22.7 Å². The number of benzene rings is 3. The molecule has 0 saturated carbocycles. The summed E-state index contributed by atoms with van der Waals surface area (Å²) in [7, 11) is -3.57. The zero-order valence-electron chi connectivity index (χ0n) is 16.5. The molecule has 4 rings (SSSR count). The molecule has 0 saturated heterocycles. The number of anilines is 2. The molecule has 0 radical (unpaired) electrons. The van der Waals surface area contributed by atoms with E-state index in [-0.39, 0.29) is 19.2 Å². The molecule has 0 aromatic heterocycles. The summed E-state index contributed by atoms with van der Waals surface area (Å²) in [6.45, 7) is 0.237. The van der Waals surface area contributed by atoms with Gasteiger partial charge in [0.15, 0.2) is 11.5 Å². The number of hydrogen-bond donors (Lipinski definition) is 1. The molecule has 1 heterocycles. The van der Waals surface area contributed by atoms with E-state index in [0.29, 0.717) is 39.0 Å². The van der Waals surface area contributed by atoms with Crippen molar-refractivity contribution >= 4 is 38.9 Å². The number of halogens is 1. The standard InChI is InChI=1S/C22H19ClN2O5S/c1-31(27,28)25(13-16-4-2-3-5-19(16)23)18-9-6-15(7-10-18)22(26)24-17-8-11-20-21(12-17)30-14-29-20/h2-12H,13-14H2,1H3,(H,24,26). The van der Waals surface area contributed by atoms with Crippen LogP contribution in [0.2, 0.25) is 5.02 Å². The molecule has 1 aliphatic rings. The molecule has 1 N–H and O–H groups in total. The molecule has 0 unspecified atom stereocenters. The molecule has 0 spiro atoms. The Bertz CT molecular complexity index is 1230. The Kier molecular flexibility index (Phi) is 5.75. The van der Waals surface area contributed by atoms with Gasteiger partial charge in [-0.05, 0) is 48.0 Å². The maximum absolute atomic E-state index is 12.6. The van der Waals surface area contributed by atoms with E-state index in [1.54, 1.807) is 66.7 Å². The van der Waals surface area contributed by atoms with Crippen LogP contribution in [0.5, 0.6) is 11.5 Å². The summed E-state index contributed by atoms with van der Waals surface area (Å²) in [6.07, 6.45) is 1.13. The molecule has 3 aromatic rings. The van der Waals surface area contributed by atoms with Gasteiger partial charge in [0, 0.05) is 22.3 Å². The average molecular weight is 459 g/mol. The number of amides is 1. The Hall–Kier alpha value is -3.23. The fourth-order valence-corrected chi connectivity index (χ4v) is 4.21. The minimum absolute atomic E-state index is 0.0846. The van der Waals surface area contributed by atoms with Crippen molar-refractivity contribution in [1.29, 1.82) is 0 Å². The summed E-state index contributed by atoms with van der Waals surface area (Å²) in [5.74, 6) is 0.862. The van der Waals surface area contributed by atoms with E-state index in [1.165, 1.54) is 4.31 Å². The van der Waals surface area contributed by atoms with Gasteiger partial charge in [0.1, 0.15) is 0 Å². The van der Waals surface area contributed by atoms with Crippen molar-refractivity contribution < 1.29 is 22.7 Å². The molecule has 0 atom stereocenters. The molecule has 1 aliphatic heterocycles. The van der Waals surface area contributed by atoms with Crippen LogP contribution in [0.3, 0.4) is 0 Å². The first-order valence-electron chi connectivity index (χ1n) is 9.33. The van der Waals surface area contributed by atoms with Crippen molar-refractivity contribution in [3.8, 4) is 11.5 Å². The Morgan fingerprint density at radius 2 is 1.74 bits per heavy atom. The first kappa shape index (κ1) is 21.0. The first-order valence-corrected chi connectivity index (χ1v) is 11.6. The Labute approximate surface area is 185 Å². The van der Waals surface area contributed by atoms with Crippen LogP contribution in [-0.4, -0.2) is 27.4 Å². The van der Waals surface area contributed by atoms with Crippen LogP contribution in [0.1, 0.15) is 15.9 Å². The molecule has 7 nitrogen and oxygen atoms in total. The number of ether oxygens (including phenoxy) is 2. The van der Waals surface area contributed by atoms with Crippen molar-refractivity contribution in [2.24, 2.45) is 0 Å². The highest BCUT2D eigenvalue weighted by atomic mass is 35.5. The second-order valence-corrected chi connectivity index (χ2v) is 9.24. The van der Waals surface area contributed by atoms with Gasteiger partial charge in [0.25, 0.3) is 5.91 Å². The first-order chi connectivity index (χ1) is 14.8. The quantitative estimate of drug-likeness (QED) is 0.595. The minimum atomic E-state index is -3.57. The van der Waals surface area contributed by atoms with Crippen LogP contribution >= 0.6 is 11.6 Å². The van der Waals surface area contributed by atoms with Gasteiger partial charge in [0.2, 0.25) is 16.8 Å². The van der Waals surface area contributed by atoms with Gasteiger partial charge >= 0.3 is 0 Å². The summed E-state index contributed by atoms with van der Waals surface area (Å²) in [5, 5.41) is 3.27. The largest absolute Gasteiger partial charge is 0.454 e. The molecule has 0 fully saturated rings. The zero-order valence-corrected chi connectivity index (χ0v) is 18.1. The second-order valence-electron chi connectivity index (χ2n) is 6.93. The summed E-state index contributed by atoms with van der Waals surface area (Å²) in [6, 6.07) is 18.5. The van der Waals surface area contributed by atoms with Crippen LogP contribution in [-0.2, 0) is 16.6 Å². The molecule has 1 amide bonds. The van der Waals surface area contributed by atoms with Crippen molar-refractivity contribution in [3.05, 3.63) is 82.9 Å². The summed E-state index contributed by atoms with van der Waals surface area (Å²) in [5.41, 5.74) is 2.06. The number of hydrogen-bond acceptors (Lipinski definition) is 5. The number of carbonyl (C=O) groups excluding carboxylic acids is 1. The predicted octanol–water partition coefficient (Wildman–Crippen LogP) is 4.29. The van der Waals surface area contributed by atoms with Gasteiger partial charge < -0.3 is 14.8 Å². The van der Waals surface area contributed by atoms with Crippen LogP contribution in [0, 0.1) is 0 Å². The van der Waals surface area contributed by atoms with E-state index in [2.05, 4.69) is 5.32 Å². The molecule has 3 aromatic carbocycles. The molecule has 31 heavy (non-hydrogen) atoms. The third kappa shape index (κ3) is 4.76. The number of carbonyl (C=O) groups is 1. The third-order valence-corrected chi connectivity index (χ3v) is 6.23. The highest BCUT2D eigenvalue weighted by Crippen LogP contribution is 2.34. The highest BCUT2D eigenvalue weighted by molar-refractivity contribution is 7.92. The Morgan fingerprint density at radius 3 is 2.45 bits per heavy atom. The number of sulfonamides is 1. The lowest BCUT2D eigenvalue weighted by molar-refractivity contribution is 0.102. The fraction of sp³-hybridized carbons (Fsp3) is 0.136. The van der Waals surface area contributed by atoms with Gasteiger partial charge in [-0.3, -0.25) is 9.10 Å². The van der Waals surface area contributed by atoms with E-state index < -0.39 is 10.0 Å². The lowest BCUT2D eigenvalue weighted by Gasteiger charge is -2.23. The Balaban J connectivity index is 1.52. The van der Waals surface area contributed by atoms with Crippen molar-refractivity contribution in [3.63, 3.8) is 0 Å². The number of fused-ring (bicyclic) bond motifs is 1. The van der Waals surface area contributed by atoms with Gasteiger partial charge in [-0.2, -0.15) is 0 Å². The summed E-state index contributed by atoms with van der Waals surface area (Å²) in [4.78, 5) is 12.6. The average Bonchev–Trinajstić information content (AvgIpc) is 3.20. The summed E-state index contributed by atoms with van der Waals surface area (Å²) >= 11 is 6.19. The fourth-order valence-electron chi connectivity index (χ4n) is 3.14. The topological polar surface area (TPSA) is 84.9 Å². The van der Waals surface area contributed by atoms with Gasteiger partial charge in [-0.15, -0.1) is 0 Å². The molecule has 0 bridgehead atoms. The van der Waals surface area contributed by atoms with Gasteiger partial charge in [-0.1, -0.05) is 29.8 Å². The number of nitrogens with one attached hydrogen (secondary N) is 1. The van der Waals surface area contributed by atoms with Crippen LogP contribution in [0.15, 0.2) is 66.7 Å². The monoisotopic (exact) mass is 458 g/mol. The highest BCUT2D eigenvalue weighted by Gasteiger charge is 2.20. The summed E-state index contributed by atoms with van der Waals surface area (Å²) < 4.78 is 36.6. The second kappa shape index (κ2) is 8.49. The number of rotatable bonds is 6. The van der Waals surface area contributed by atoms with Crippen molar-refractivity contribution in [2.45, 2.75) is 6.54 Å². The van der Waals surface area contributed by atoms with Crippen molar-refractivity contribution in [1.82, 2.24) is 0 Å². The molecule has 9 heteroatoms. The normalized spacial score (nSPS) is 12.5. The maximum atomic E-state index is 12.6. The van der Waals surface area contributed by atoms with Crippen LogP contribution < -0.4 is 19.1 Å². The smallest absolute Gasteiger partial charge is 0.255 e. The maximum Gasteiger partial charge on any atom is 0.255 e. The van der Waals surface area contributed by atoms with Gasteiger partial charge in [-0.25, -0.2) is 8.42 Å². The lowest BCUT2D eigenvalue weighted by Crippen LogP contribution is -2.29. The predicted molar refractivity (Wildman–Crippen MR) is 119 cm³/mol. The molecule has 0 aliphatic carbocycles. The van der Waals surface area contributed by atoms with E-state index in [0.717, 1.165) is 6.26 Å². The van der Waals surface area contributed by atoms with Crippen LogP contribution in [0.4, 0.5) is 11.4 Å². The van der Waals surface area contributed by atoms with E-state index >= 15 is 0 Å². The molecule has 160 valence electrons. The van der Waals surface area contributed by atoms with Crippen LogP contribution in [0.25, 0.3) is 0 Å². The molecular formula is C22H19ClN2O5S. The third-order valence-electron chi connectivity index (χ3n) is 4.72.